The second kappa shape index (κ2) is 5.92. The van der Waals surface area contributed by atoms with Gasteiger partial charge in [0.2, 0.25) is 0 Å². The van der Waals surface area contributed by atoms with Crippen LogP contribution in [0, 0.1) is 5.92 Å². The van der Waals surface area contributed by atoms with Crippen LogP contribution in [-0.4, -0.2) is 17.1 Å². The fourth-order valence-electron chi connectivity index (χ4n) is 1.54. The molecule has 3 nitrogen and oxygen atoms in total. The molecule has 0 aliphatic rings. The smallest absolute Gasteiger partial charge is 0.337 e. The van der Waals surface area contributed by atoms with Crippen LogP contribution >= 0.6 is 11.6 Å². The molecule has 0 bridgehead atoms. The fraction of sp³-hybridized carbons (Fsp3) is 0.462. The molecule has 0 spiro atoms. The lowest BCUT2D eigenvalue weighted by atomic mass is 10.0. The number of hydrogen-bond acceptors (Lipinski definition) is 2. The quantitative estimate of drug-likeness (QED) is 0.839. The molecule has 0 aromatic heterocycles. The van der Waals surface area contributed by atoms with Crippen LogP contribution in [0.25, 0.3) is 0 Å². The predicted octanol–water partition coefficient (Wildman–Crippen LogP) is 3.88. The van der Waals surface area contributed by atoms with E-state index >= 15 is 0 Å². The molecule has 2 N–H and O–H groups in total. The van der Waals surface area contributed by atoms with Crippen molar-refractivity contribution in [3.8, 4) is 0 Å². The van der Waals surface area contributed by atoms with Gasteiger partial charge >= 0.3 is 5.97 Å². The number of benzene rings is 1. The molecular weight excluding hydrogens is 238 g/mol. The van der Waals surface area contributed by atoms with Crippen molar-refractivity contribution >= 4 is 23.3 Å². The molecule has 0 saturated carbocycles. The second-order valence-electron chi connectivity index (χ2n) is 4.32. The maximum atomic E-state index is 10.8. The Morgan fingerprint density at radius 2 is 2.12 bits per heavy atom. The van der Waals surface area contributed by atoms with Crippen LogP contribution in [0.1, 0.15) is 37.6 Å². The third-order valence-corrected chi connectivity index (χ3v) is 3.40. The Morgan fingerprint density at radius 3 is 2.59 bits per heavy atom. The maximum absolute atomic E-state index is 10.8. The molecule has 0 radical (unpaired) electrons. The highest BCUT2D eigenvalue weighted by molar-refractivity contribution is 6.33. The monoisotopic (exact) mass is 255 g/mol. The van der Waals surface area contributed by atoms with Crippen LogP contribution in [0.3, 0.4) is 0 Å². The van der Waals surface area contributed by atoms with Gasteiger partial charge in [0.15, 0.2) is 0 Å². The lowest BCUT2D eigenvalue weighted by molar-refractivity contribution is 0.0697. The molecule has 4 heteroatoms. The maximum Gasteiger partial charge on any atom is 0.337 e. The molecular formula is C13H18ClNO2. The van der Waals surface area contributed by atoms with E-state index in [1.807, 2.05) is 0 Å². The Kier molecular flexibility index (Phi) is 4.82. The van der Waals surface area contributed by atoms with Gasteiger partial charge < -0.3 is 10.4 Å². The molecule has 0 heterocycles. The summed E-state index contributed by atoms with van der Waals surface area (Å²) in [6.45, 7) is 6.42. The van der Waals surface area contributed by atoms with E-state index in [9.17, 15) is 4.79 Å². The Balaban J connectivity index is 2.81. The van der Waals surface area contributed by atoms with Crippen molar-refractivity contribution < 1.29 is 9.90 Å². The van der Waals surface area contributed by atoms with Crippen LogP contribution in [0.15, 0.2) is 18.2 Å². The standard InChI is InChI=1S/C13H18ClNO2/c1-4-8(2)9(3)15-10-5-6-11(13(16)17)12(14)7-10/h5-9,15H,4H2,1-3H3,(H,16,17). The minimum atomic E-state index is -1.00. The lowest BCUT2D eigenvalue weighted by Crippen LogP contribution is -2.23. The number of anilines is 1. The molecule has 2 atom stereocenters. The van der Waals surface area contributed by atoms with Crippen molar-refractivity contribution in [1.29, 1.82) is 0 Å². The molecule has 17 heavy (non-hydrogen) atoms. The van der Waals surface area contributed by atoms with E-state index < -0.39 is 5.97 Å². The summed E-state index contributed by atoms with van der Waals surface area (Å²) in [6, 6.07) is 5.25. The van der Waals surface area contributed by atoms with E-state index in [1.54, 1.807) is 12.1 Å². The van der Waals surface area contributed by atoms with E-state index in [2.05, 4.69) is 26.1 Å². The van der Waals surface area contributed by atoms with Gasteiger partial charge in [-0.15, -0.1) is 0 Å². The van der Waals surface area contributed by atoms with Crippen LogP contribution in [0.2, 0.25) is 5.02 Å². The minimum absolute atomic E-state index is 0.133. The summed E-state index contributed by atoms with van der Waals surface area (Å²) in [5.74, 6) is -0.454. The Morgan fingerprint density at radius 1 is 1.47 bits per heavy atom. The number of nitrogens with one attached hydrogen (secondary N) is 1. The zero-order valence-electron chi connectivity index (χ0n) is 10.3. The van der Waals surface area contributed by atoms with Crippen molar-refractivity contribution in [1.82, 2.24) is 0 Å². The first kappa shape index (κ1) is 13.8. The van der Waals surface area contributed by atoms with Gasteiger partial charge in [0.25, 0.3) is 0 Å². The Hall–Kier alpha value is -1.22. The first-order chi connectivity index (χ1) is 7.95. The summed E-state index contributed by atoms with van der Waals surface area (Å²) in [7, 11) is 0. The highest BCUT2D eigenvalue weighted by atomic mass is 35.5. The summed E-state index contributed by atoms with van der Waals surface area (Å²) in [5.41, 5.74) is 0.987. The third-order valence-electron chi connectivity index (χ3n) is 3.09. The van der Waals surface area contributed by atoms with Crippen molar-refractivity contribution in [2.45, 2.75) is 33.2 Å². The molecule has 0 fully saturated rings. The molecule has 2 unspecified atom stereocenters. The van der Waals surface area contributed by atoms with Gasteiger partial charge in [-0.3, -0.25) is 0 Å². The number of halogens is 1. The van der Waals surface area contributed by atoms with Gasteiger partial charge in [-0.25, -0.2) is 4.79 Å². The molecule has 0 amide bonds. The van der Waals surface area contributed by atoms with Crippen molar-refractivity contribution in [2.75, 3.05) is 5.32 Å². The summed E-state index contributed by atoms with van der Waals surface area (Å²) in [4.78, 5) is 10.8. The average molecular weight is 256 g/mol. The largest absolute Gasteiger partial charge is 0.478 e. The summed E-state index contributed by atoms with van der Waals surface area (Å²) >= 11 is 5.90. The number of hydrogen-bond donors (Lipinski definition) is 2. The summed E-state index contributed by atoms with van der Waals surface area (Å²) in [6.07, 6.45) is 1.09. The lowest BCUT2D eigenvalue weighted by Gasteiger charge is -2.21. The average Bonchev–Trinajstić information content (AvgIpc) is 2.27. The van der Waals surface area contributed by atoms with Crippen molar-refractivity contribution in [3.05, 3.63) is 28.8 Å². The van der Waals surface area contributed by atoms with Gasteiger partial charge in [-0.2, -0.15) is 0 Å². The van der Waals surface area contributed by atoms with Crippen LogP contribution in [-0.2, 0) is 0 Å². The summed E-state index contributed by atoms with van der Waals surface area (Å²) in [5, 5.41) is 12.4. The molecule has 0 aliphatic heterocycles. The molecule has 0 aliphatic carbocycles. The number of rotatable bonds is 5. The number of carbonyl (C=O) groups is 1. The van der Waals surface area contributed by atoms with E-state index in [1.165, 1.54) is 6.07 Å². The van der Waals surface area contributed by atoms with Crippen molar-refractivity contribution in [2.24, 2.45) is 5.92 Å². The van der Waals surface area contributed by atoms with Crippen LogP contribution < -0.4 is 5.32 Å². The van der Waals surface area contributed by atoms with Gasteiger partial charge in [0, 0.05) is 11.7 Å². The first-order valence-corrected chi connectivity index (χ1v) is 6.12. The SMILES string of the molecule is CCC(C)C(C)Nc1ccc(C(=O)O)c(Cl)c1. The van der Waals surface area contributed by atoms with Gasteiger partial charge in [-0.1, -0.05) is 31.9 Å². The third kappa shape index (κ3) is 3.63. The molecule has 1 aromatic rings. The summed E-state index contributed by atoms with van der Waals surface area (Å²) < 4.78 is 0. The second-order valence-corrected chi connectivity index (χ2v) is 4.73. The van der Waals surface area contributed by atoms with E-state index in [4.69, 9.17) is 16.7 Å². The van der Waals surface area contributed by atoms with Crippen LogP contribution in [0.4, 0.5) is 5.69 Å². The Bertz CT molecular complexity index is 406. The highest BCUT2D eigenvalue weighted by Crippen LogP contribution is 2.22. The topological polar surface area (TPSA) is 49.3 Å². The number of aromatic carboxylic acids is 1. The molecule has 1 aromatic carbocycles. The van der Waals surface area contributed by atoms with Crippen molar-refractivity contribution in [3.63, 3.8) is 0 Å². The molecule has 0 saturated heterocycles. The number of carboxylic acids is 1. The van der Waals surface area contributed by atoms with E-state index in [0.29, 0.717) is 12.0 Å². The zero-order chi connectivity index (χ0) is 13.0. The molecule has 94 valence electrons. The molecule has 1 rings (SSSR count). The van der Waals surface area contributed by atoms with Crippen LogP contribution in [0.5, 0.6) is 0 Å². The number of carboxylic acid groups (broad SMARTS) is 1. The van der Waals surface area contributed by atoms with E-state index in [0.717, 1.165) is 12.1 Å². The van der Waals surface area contributed by atoms with Gasteiger partial charge in [0.1, 0.15) is 0 Å². The van der Waals surface area contributed by atoms with Gasteiger partial charge in [-0.05, 0) is 31.0 Å². The van der Waals surface area contributed by atoms with E-state index in [-0.39, 0.29) is 10.6 Å². The first-order valence-electron chi connectivity index (χ1n) is 5.75. The van der Waals surface area contributed by atoms with Gasteiger partial charge in [0.05, 0.1) is 10.6 Å². The Labute approximate surface area is 107 Å². The highest BCUT2D eigenvalue weighted by Gasteiger charge is 2.12. The zero-order valence-corrected chi connectivity index (χ0v) is 11.1. The minimum Gasteiger partial charge on any atom is -0.478 e. The predicted molar refractivity (Wildman–Crippen MR) is 71.0 cm³/mol. The normalized spacial score (nSPS) is 14.1. The fourth-order valence-corrected chi connectivity index (χ4v) is 1.80.